The van der Waals surface area contributed by atoms with Crippen molar-refractivity contribution in [2.75, 3.05) is 6.54 Å². The highest BCUT2D eigenvalue weighted by atomic mass is 19.3. The zero-order chi connectivity index (χ0) is 15.4. The lowest BCUT2D eigenvalue weighted by molar-refractivity contribution is -0.129. The third kappa shape index (κ3) is 5.02. The highest BCUT2D eigenvalue weighted by Crippen LogP contribution is 2.36. The first-order valence-electron chi connectivity index (χ1n) is 7.83. The molecule has 1 rings (SSSR count). The summed E-state index contributed by atoms with van der Waals surface area (Å²) in [7, 11) is 0. The van der Waals surface area contributed by atoms with Crippen LogP contribution in [0.4, 0.5) is 8.78 Å². The Labute approximate surface area is 121 Å². The van der Waals surface area contributed by atoms with Crippen LogP contribution in [0.2, 0.25) is 0 Å². The largest absolute Gasteiger partial charge is 0.356 e. The topological polar surface area (TPSA) is 29.1 Å². The Kier molecular flexibility index (Phi) is 5.96. The van der Waals surface area contributed by atoms with Gasteiger partial charge < -0.3 is 5.32 Å². The van der Waals surface area contributed by atoms with Crippen molar-refractivity contribution in [2.45, 2.75) is 72.1 Å². The van der Waals surface area contributed by atoms with E-state index in [-0.39, 0.29) is 30.1 Å². The van der Waals surface area contributed by atoms with E-state index in [0.717, 1.165) is 12.8 Å². The molecule has 0 aliphatic heterocycles. The lowest BCUT2D eigenvalue weighted by Crippen LogP contribution is -2.37. The Morgan fingerprint density at radius 2 is 1.90 bits per heavy atom. The molecule has 1 saturated carbocycles. The average Bonchev–Trinajstić information content (AvgIpc) is 2.37. The number of alkyl halides is 2. The van der Waals surface area contributed by atoms with E-state index in [1.165, 1.54) is 0 Å². The summed E-state index contributed by atoms with van der Waals surface area (Å²) < 4.78 is 26.1. The van der Waals surface area contributed by atoms with Crippen molar-refractivity contribution in [3.05, 3.63) is 0 Å². The van der Waals surface area contributed by atoms with E-state index in [2.05, 4.69) is 33.0 Å². The predicted octanol–water partition coefficient (Wildman–Crippen LogP) is 4.39. The third-order valence-corrected chi connectivity index (χ3v) is 5.10. The molecule has 20 heavy (non-hydrogen) atoms. The van der Waals surface area contributed by atoms with Crippen LogP contribution in [-0.2, 0) is 4.79 Å². The number of rotatable bonds is 6. The lowest BCUT2D eigenvalue weighted by Gasteiger charge is -2.32. The van der Waals surface area contributed by atoms with Crippen molar-refractivity contribution in [1.82, 2.24) is 5.32 Å². The van der Waals surface area contributed by atoms with Crippen molar-refractivity contribution in [2.24, 2.45) is 17.3 Å². The number of amides is 1. The maximum Gasteiger partial charge on any atom is 0.248 e. The maximum absolute atomic E-state index is 13.0. The van der Waals surface area contributed by atoms with Crippen molar-refractivity contribution < 1.29 is 13.6 Å². The van der Waals surface area contributed by atoms with Gasteiger partial charge in [0.2, 0.25) is 11.8 Å². The normalized spacial score (nSPS) is 21.5. The Morgan fingerprint density at radius 1 is 1.35 bits per heavy atom. The van der Waals surface area contributed by atoms with Gasteiger partial charge in [0.05, 0.1) is 0 Å². The zero-order valence-electron chi connectivity index (χ0n) is 13.3. The molecule has 0 heterocycles. The molecule has 1 N–H and O–H groups in total. The number of carbonyl (C=O) groups is 1. The van der Waals surface area contributed by atoms with Crippen molar-refractivity contribution in [3.8, 4) is 0 Å². The number of halogens is 2. The van der Waals surface area contributed by atoms with Gasteiger partial charge in [0.1, 0.15) is 0 Å². The first-order chi connectivity index (χ1) is 9.18. The molecule has 1 aliphatic carbocycles. The van der Waals surface area contributed by atoms with Crippen molar-refractivity contribution in [1.29, 1.82) is 0 Å². The zero-order valence-corrected chi connectivity index (χ0v) is 13.3. The average molecular weight is 289 g/mol. The van der Waals surface area contributed by atoms with E-state index in [0.29, 0.717) is 25.3 Å². The predicted molar refractivity (Wildman–Crippen MR) is 77.8 cm³/mol. The molecule has 1 atom stereocenters. The second-order valence-corrected chi connectivity index (χ2v) is 6.97. The molecule has 4 heteroatoms. The summed E-state index contributed by atoms with van der Waals surface area (Å²) in [4.78, 5) is 12.0. The van der Waals surface area contributed by atoms with Gasteiger partial charge in [-0.1, -0.05) is 34.1 Å². The molecule has 0 aromatic rings. The van der Waals surface area contributed by atoms with Gasteiger partial charge in [0.15, 0.2) is 0 Å². The third-order valence-electron chi connectivity index (χ3n) is 5.10. The molecule has 1 fully saturated rings. The molecule has 0 bridgehead atoms. The Hall–Kier alpha value is -0.670. The van der Waals surface area contributed by atoms with Crippen molar-refractivity contribution >= 4 is 5.91 Å². The molecule has 0 radical (unpaired) electrons. The molecule has 0 aromatic heterocycles. The molecular formula is C16H29F2NO. The minimum absolute atomic E-state index is 0.0412. The van der Waals surface area contributed by atoms with Crippen LogP contribution in [0, 0.1) is 17.3 Å². The van der Waals surface area contributed by atoms with Crippen LogP contribution >= 0.6 is 0 Å². The summed E-state index contributed by atoms with van der Waals surface area (Å²) in [6, 6.07) is 0. The van der Waals surface area contributed by atoms with Crippen LogP contribution < -0.4 is 5.32 Å². The lowest BCUT2D eigenvalue weighted by atomic mass is 9.76. The summed E-state index contributed by atoms with van der Waals surface area (Å²) in [6.45, 7) is 9.48. The minimum atomic E-state index is -2.56. The second-order valence-electron chi connectivity index (χ2n) is 6.97. The Morgan fingerprint density at radius 3 is 2.40 bits per heavy atom. The van der Waals surface area contributed by atoms with Crippen LogP contribution in [0.3, 0.4) is 0 Å². The van der Waals surface area contributed by atoms with Gasteiger partial charge in [0, 0.05) is 25.3 Å². The second kappa shape index (κ2) is 6.86. The minimum Gasteiger partial charge on any atom is -0.356 e. The van der Waals surface area contributed by atoms with Crippen LogP contribution in [0.1, 0.15) is 66.2 Å². The molecule has 1 amide bonds. The van der Waals surface area contributed by atoms with Gasteiger partial charge in [-0.2, -0.15) is 0 Å². The highest BCUT2D eigenvalue weighted by Gasteiger charge is 2.37. The van der Waals surface area contributed by atoms with Crippen molar-refractivity contribution in [3.63, 3.8) is 0 Å². The number of carbonyl (C=O) groups excluding carboxylic acids is 1. The van der Waals surface area contributed by atoms with Gasteiger partial charge in [-0.3, -0.25) is 4.79 Å². The van der Waals surface area contributed by atoms with E-state index in [1.807, 2.05) is 0 Å². The fourth-order valence-electron chi connectivity index (χ4n) is 2.75. The molecule has 0 saturated heterocycles. The summed E-state index contributed by atoms with van der Waals surface area (Å²) in [5.74, 6) is -2.22. The monoisotopic (exact) mass is 289 g/mol. The van der Waals surface area contributed by atoms with E-state index in [9.17, 15) is 13.6 Å². The SMILES string of the molecule is CCC(C)C(C)(C)CCNC(=O)C1CCC(F)(F)CC1. The fourth-order valence-corrected chi connectivity index (χ4v) is 2.75. The van der Waals surface area contributed by atoms with Gasteiger partial charge in [-0.15, -0.1) is 0 Å². The quantitative estimate of drug-likeness (QED) is 0.772. The van der Waals surface area contributed by atoms with Crippen LogP contribution in [0.15, 0.2) is 0 Å². The molecule has 2 nitrogen and oxygen atoms in total. The molecule has 0 spiro atoms. The van der Waals surface area contributed by atoms with E-state index in [4.69, 9.17) is 0 Å². The summed E-state index contributed by atoms with van der Waals surface area (Å²) in [5, 5.41) is 2.93. The first kappa shape index (κ1) is 17.4. The summed E-state index contributed by atoms with van der Waals surface area (Å²) >= 11 is 0. The van der Waals surface area contributed by atoms with Gasteiger partial charge in [0.25, 0.3) is 0 Å². The number of hydrogen-bond acceptors (Lipinski definition) is 1. The van der Waals surface area contributed by atoms with Gasteiger partial charge in [-0.05, 0) is 30.6 Å². The summed E-state index contributed by atoms with van der Waals surface area (Å²) in [6.07, 6.45) is 2.38. The van der Waals surface area contributed by atoms with Crippen LogP contribution in [0.5, 0.6) is 0 Å². The number of nitrogens with one attached hydrogen (secondary N) is 1. The number of hydrogen-bond donors (Lipinski definition) is 1. The smallest absolute Gasteiger partial charge is 0.248 e. The van der Waals surface area contributed by atoms with Crippen LogP contribution in [0.25, 0.3) is 0 Å². The van der Waals surface area contributed by atoms with E-state index in [1.54, 1.807) is 0 Å². The first-order valence-corrected chi connectivity index (χ1v) is 7.83. The van der Waals surface area contributed by atoms with Gasteiger partial charge in [-0.25, -0.2) is 8.78 Å². The highest BCUT2D eigenvalue weighted by molar-refractivity contribution is 5.78. The van der Waals surface area contributed by atoms with E-state index < -0.39 is 5.92 Å². The molecule has 118 valence electrons. The van der Waals surface area contributed by atoms with E-state index >= 15 is 0 Å². The standard InChI is InChI=1S/C16H29F2NO/c1-5-12(2)15(3,4)10-11-19-14(20)13-6-8-16(17,18)9-7-13/h12-13H,5-11H2,1-4H3,(H,19,20). The Balaban J connectivity index is 2.31. The van der Waals surface area contributed by atoms with Crippen LogP contribution in [-0.4, -0.2) is 18.4 Å². The maximum atomic E-state index is 13.0. The molecular weight excluding hydrogens is 260 g/mol. The summed E-state index contributed by atoms with van der Waals surface area (Å²) in [5.41, 5.74) is 0.196. The fraction of sp³-hybridized carbons (Fsp3) is 0.938. The molecule has 1 aliphatic rings. The molecule has 1 unspecified atom stereocenters. The molecule has 0 aromatic carbocycles. The Bertz CT molecular complexity index is 318. The van der Waals surface area contributed by atoms with Gasteiger partial charge >= 0.3 is 0 Å².